The summed E-state index contributed by atoms with van der Waals surface area (Å²) < 4.78 is 11.6. The van der Waals surface area contributed by atoms with Gasteiger partial charge in [-0.2, -0.15) is 0 Å². The van der Waals surface area contributed by atoms with Crippen LogP contribution in [-0.2, 0) is 20.9 Å². The summed E-state index contributed by atoms with van der Waals surface area (Å²) >= 11 is 0. The Kier molecular flexibility index (Phi) is 18.5. The van der Waals surface area contributed by atoms with Crippen molar-refractivity contribution < 1.29 is 14.3 Å². The lowest BCUT2D eigenvalue weighted by molar-refractivity contribution is -0.147. The van der Waals surface area contributed by atoms with Crippen molar-refractivity contribution in [2.24, 2.45) is 11.8 Å². The van der Waals surface area contributed by atoms with E-state index < -0.39 is 0 Å². The van der Waals surface area contributed by atoms with Gasteiger partial charge in [-0.15, -0.1) is 0 Å². The van der Waals surface area contributed by atoms with Gasteiger partial charge in [-0.25, -0.2) is 0 Å². The third-order valence-corrected chi connectivity index (χ3v) is 7.89. The van der Waals surface area contributed by atoms with Crippen LogP contribution in [0.5, 0.6) is 0 Å². The van der Waals surface area contributed by atoms with Crippen LogP contribution in [0, 0.1) is 11.8 Å². The minimum absolute atomic E-state index is 0.0190. The van der Waals surface area contributed by atoms with E-state index in [0.717, 1.165) is 26.0 Å². The Hall–Kier alpha value is -1.39. The summed E-state index contributed by atoms with van der Waals surface area (Å²) in [6.07, 6.45) is 21.2. The van der Waals surface area contributed by atoms with Crippen LogP contribution in [0.4, 0.5) is 0 Å². The summed E-state index contributed by atoms with van der Waals surface area (Å²) in [4.78, 5) is 12.5. The van der Waals surface area contributed by atoms with E-state index in [-0.39, 0.29) is 5.97 Å². The number of rotatable bonds is 24. The van der Waals surface area contributed by atoms with Crippen molar-refractivity contribution in [3.63, 3.8) is 0 Å². The van der Waals surface area contributed by atoms with Gasteiger partial charge >= 0.3 is 5.97 Å². The third kappa shape index (κ3) is 16.2. The molecule has 212 valence electrons. The number of esters is 1. The number of hydrogen-bond donors (Lipinski definition) is 1. The normalized spacial score (nSPS) is 17.2. The van der Waals surface area contributed by atoms with Gasteiger partial charge in [-0.05, 0) is 43.1 Å². The quantitative estimate of drug-likeness (QED) is 0.111. The third-order valence-electron chi connectivity index (χ3n) is 7.89. The Bertz CT molecular complexity index is 643. The average Bonchev–Trinajstić information content (AvgIpc) is 2.89. The largest absolute Gasteiger partial charge is 0.465 e. The van der Waals surface area contributed by atoms with E-state index in [2.05, 4.69) is 31.3 Å². The van der Waals surface area contributed by atoms with Crippen molar-refractivity contribution in [1.29, 1.82) is 0 Å². The Morgan fingerprint density at radius 1 is 0.865 bits per heavy atom. The second kappa shape index (κ2) is 21.5. The minimum Gasteiger partial charge on any atom is -0.465 e. The molecule has 0 unspecified atom stereocenters. The second-order valence-electron chi connectivity index (χ2n) is 11.4. The van der Waals surface area contributed by atoms with Gasteiger partial charge in [0.15, 0.2) is 0 Å². The molecule has 37 heavy (non-hydrogen) atoms. The fourth-order valence-electron chi connectivity index (χ4n) is 5.41. The summed E-state index contributed by atoms with van der Waals surface area (Å²) in [5.41, 5.74) is 1.21. The van der Waals surface area contributed by atoms with Crippen LogP contribution in [0.3, 0.4) is 0 Å². The predicted octanol–water partition coefficient (Wildman–Crippen LogP) is 8.62. The van der Waals surface area contributed by atoms with E-state index >= 15 is 0 Å². The molecule has 1 saturated carbocycles. The molecule has 1 aliphatic carbocycles. The molecule has 0 aliphatic heterocycles. The first-order valence-corrected chi connectivity index (χ1v) is 15.7. The molecular formula is C33H57NO3. The van der Waals surface area contributed by atoms with Crippen LogP contribution >= 0.6 is 0 Å². The zero-order valence-electron chi connectivity index (χ0n) is 24.2. The number of nitrogens with one attached hydrogen (secondary N) is 1. The Labute approximate surface area is 228 Å². The molecule has 0 bridgehead atoms. The van der Waals surface area contributed by atoms with Gasteiger partial charge in [0.2, 0.25) is 0 Å². The molecule has 0 amide bonds. The van der Waals surface area contributed by atoms with Crippen molar-refractivity contribution in [1.82, 2.24) is 5.32 Å². The highest BCUT2D eigenvalue weighted by atomic mass is 16.5. The lowest BCUT2D eigenvalue weighted by Crippen LogP contribution is -2.43. The second-order valence-corrected chi connectivity index (χ2v) is 11.4. The van der Waals surface area contributed by atoms with Crippen molar-refractivity contribution in [2.75, 3.05) is 19.8 Å². The zero-order valence-corrected chi connectivity index (χ0v) is 24.2. The monoisotopic (exact) mass is 515 g/mol. The van der Waals surface area contributed by atoms with E-state index in [4.69, 9.17) is 9.47 Å². The highest BCUT2D eigenvalue weighted by molar-refractivity contribution is 5.69. The fraction of sp³-hybridized carbons (Fsp3) is 0.788. The molecule has 1 aromatic rings. The highest BCUT2D eigenvalue weighted by Crippen LogP contribution is 2.30. The maximum absolute atomic E-state index is 12.5. The highest BCUT2D eigenvalue weighted by Gasteiger charge is 2.30. The minimum atomic E-state index is 0.0190. The average molecular weight is 516 g/mol. The molecule has 0 heterocycles. The smallest absolute Gasteiger partial charge is 0.306 e. The first kappa shape index (κ1) is 31.8. The Morgan fingerprint density at radius 3 is 2.08 bits per heavy atom. The number of ether oxygens (including phenoxy) is 2. The van der Waals surface area contributed by atoms with Crippen LogP contribution in [0.15, 0.2) is 30.3 Å². The van der Waals surface area contributed by atoms with Crippen molar-refractivity contribution >= 4 is 5.97 Å². The van der Waals surface area contributed by atoms with Gasteiger partial charge < -0.3 is 14.8 Å². The van der Waals surface area contributed by atoms with E-state index in [1.165, 1.54) is 95.5 Å². The molecule has 4 nitrogen and oxygen atoms in total. The van der Waals surface area contributed by atoms with Gasteiger partial charge in [0.1, 0.15) is 0 Å². The molecule has 0 saturated heterocycles. The van der Waals surface area contributed by atoms with Crippen molar-refractivity contribution in [3.8, 4) is 0 Å². The first-order valence-electron chi connectivity index (χ1n) is 15.7. The number of unbranched alkanes of at least 4 members (excludes halogenated alkanes) is 10. The first-order chi connectivity index (χ1) is 18.2. The number of carbonyl (C=O) groups is 1. The van der Waals surface area contributed by atoms with Crippen LogP contribution in [0.1, 0.15) is 129 Å². The predicted molar refractivity (Wildman–Crippen MR) is 156 cm³/mol. The van der Waals surface area contributed by atoms with Crippen LogP contribution in [0.2, 0.25) is 0 Å². The van der Waals surface area contributed by atoms with Crippen LogP contribution in [-0.4, -0.2) is 31.8 Å². The maximum Gasteiger partial charge on any atom is 0.306 e. The molecule has 0 spiro atoms. The summed E-state index contributed by atoms with van der Waals surface area (Å²) in [5, 5.41) is 3.56. The van der Waals surface area contributed by atoms with E-state index in [0.29, 0.717) is 37.5 Å². The fourth-order valence-corrected chi connectivity index (χ4v) is 5.41. The molecule has 1 N–H and O–H groups in total. The van der Waals surface area contributed by atoms with Crippen LogP contribution < -0.4 is 5.32 Å². The number of carbonyl (C=O) groups excluding carboxylic acids is 1. The molecule has 0 atom stereocenters. The number of benzene rings is 1. The van der Waals surface area contributed by atoms with E-state index in [1.807, 2.05) is 18.2 Å². The molecule has 1 aliphatic rings. The summed E-state index contributed by atoms with van der Waals surface area (Å²) in [7, 11) is 0. The molecule has 2 rings (SSSR count). The molecule has 1 aromatic carbocycles. The maximum atomic E-state index is 12.5. The van der Waals surface area contributed by atoms with Gasteiger partial charge in [0, 0.05) is 19.0 Å². The summed E-state index contributed by atoms with van der Waals surface area (Å²) in [5.74, 6) is 1.05. The molecule has 0 aromatic heterocycles. The standard InChI is InChI=1S/C33H57NO3/c1-3-5-7-9-11-14-20-30(21-15-12-10-8-6-4-2)28-37-33(35)26-31-24-32(25-31)34-22-23-36-27-29-18-16-13-17-19-29/h13,16-19,30-32,34H,3-12,14-15,20-28H2,1-2H3. The van der Waals surface area contributed by atoms with Gasteiger partial charge in [0.25, 0.3) is 0 Å². The van der Waals surface area contributed by atoms with Crippen molar-refractivity contribution in [3.05, 3.63) is 35.9 Å². The Morgan fingerprint density at radius 2 is 1.46 bits per heavy atom. The summed E-state index contributed by atoms with van der Waals surface area (Å²) in [6, 6.07) is 10.8. The van der Waals surface area contributed by atoms with Crippen LogP contribution in [0.25, 0.3) is 0 Å². The molecule has 0 radical (unpaired) electrons. The Balaban J connectivity index is 1.53. The zero-order chi connectivity index (χ0) is 26.4. The topological polar surface area (TPSA) is 47.6 Å². The van der Waals surface area contributed by atoms with Gasteiger partial charge in [-0.3, -0.25) is 4.79 Å². The lowest BCUT2D eigenvalue weighted by atomic mass is 9.78. The van der Waals surface area contributed by atoms with E-state index in [9.17, 15) is 4.79 Å². The van der Waals surface area contributed by atoms with Gasteiger partial charge in [-0.1, -0.05) is 121 Å². The van der Waals surface area contributed by atoms with Gasteiger partial charge in [0.05, 0.1) is 19.8 Å². The number of hydrogen-bond acceptors (Lipinski definition) is 4. The molecule has 4 heteroatoms. The summed E-state index contributed by atoms with van der Waals surface area (Å²) in [6.45, 7) is 7.43. The van der Waals surface area contributed by atoms with E-state index in [1.54, 1.807) is 0 Å². The molecule has 1 fully saturated rings. The van der Waals surface area contributed by atoms with Crippen molar-refractivity contribution in [2.45, 2.75) is 136 Å². The molecular weight excluding hydrogens is 458 g/mol. The lowest BCUT2D eigenvalue weighted by Gasteiger charge is -2.35. The SMILES string of the molecule is CCCCCCCCC(CCCCCCCC)COC(=O)CC1CC(NCCOCc2ccccc2)C1.